The van der Waals surface area contributed by atoms with Crippen molar-refractivity contribution in [1.29, 1.82) is 5.41 Å². The number of hydrogen-bond donors (Lipinski definition) is 12. The molecule has 14 N–H and O–H groups in total. The fourth-order valence-electron chi connectivity index (χ4n) is 3.18. The number of aliphatic hydroxyl groups excluding tert-OH is 3. The molecular formula is C22H42N8O9. The minimum Gasteiger partial charge on any atom is -0.480 e. The Hall–Kier alpha value is -3.54. The van der Waals surface area contributed by atoms with Gasteiger partial charge >= 0.3 is 5.97 Å². The number of aliphatic carboxylic acids is 1. The lowest BCUT2D eigenvalue weighted by Crippen LogP contribution is -2.60. The van der Waals surface area contributed by atoms with Gasteiger partial charge in [-0.3, -0.25) is 24.6 Å². The molecule has 0 saturated heterocycles. The van der Waals surface area contributed by atoms with Crippen molar-refractivity contribution >= 4 is 35.6 Å². The van der Waals surface area contributed by atoms with E-state index in [0.29, 0.717) is 0 Å². The summed E-state index contributed by atoms with van der Waals surface area (Å²) in [5, 5.41) is 56.8. The number of aliphatic hydroxyl groups is 3. The summed E-state index contributed by atoms with van der Waals surface area (Å²) in [6, 6.07) is -7.11. The molecule has 6 atom stereocenters. The van der Waals surface area contributed by atoms with Crippen LogP contribution < -0.4 is 38.1 Å². The second kappa shape index (κ2) is 17.9. The highest BCUT2D eigenvalue weighted by Crippen LogP contribution is 2.06. The summed E-state index contributed by atoms with van der Waals surface area (Å²) in [6.07, 6.45) is -1.03. The highest BCUT2D eigenvalue weighted by Gasteiger charge is 2.32. The van der Waals surface area contributed by atoms with E-state index < -0.39 is 79.1 Å². The number of carboxylic acids is 1. The molecule has 17 heteroatoms. The number of guanidine groups is 1. The smallest absolute Gasteiger partial charge is 0.326 e. The van der Waals surface area contributed by atoms with E-state index in [1.54, 1.807) is 13.8 Å². The lowest BCUT2D eigenvalue weighted by Gasteiger charge is -2.26. The molecule has 0 rings (SSSR count). The maximum atomic E-state index is 13.0. The molecule has 0 aromatic heterocycles. The monoisotopic (exact) mass is 562 g/mol. The van der Waals surface area contributed by atoms with E-state index in [2.05, 4.69) is 26.6 Å². The van der Waals surface area contributed by atoms with Gasteiger partial charge in [-0.05, 0) is 32.1 Å². The standard InChI is InChI=1S/C22H42N8O9/c1-10(2)7-13(21(38)39)28-19(36)14(8-31)29-17(34)12(5-4-6-26-22(24)25)27-18(35)15(9-32)30-20(37)16(23)11(3)33/h10-16,31-33H,4-9,23H2,1-3H3,(H,27,35)(H,28,36)(H,29,34)(H,30,37)(H,38,39)(H4,24,25,26)/t11-,12+,13+,14+,15+,16+/m1/s1. The SMILES string of the molecule is CC(C)C[C@H](NC(=O)[C@H](CO)NC(=O)[C@H](CCCNC(=N)N)NC(=O)[C@H](CO)NC(=O)[C@@H](N)[C@@H](C)O)C(=O)O. The highest BCUT2D eigenvalue weighted by molar-refractivity contribution is 5.95. The maximum absolute atomic E-state index is 13.0. The van der Waals surface area contributed by atoms with Gasteiger partial charge in [-0.25, -0.2) is 4.79 Å². The molecule has 0 fully saturated rings. The van der Waals surface area contributed by atoms with Crippen molar-refractivity contribution in [1.82, 2.24) is 26.6 Å². The summed E-state index contributed by atoms with van der Waals surface area (Å²) in [5.41, 5.74) is 10.7. The maximum Gasteiger partial charge on any atom is 0.326 e. The summed E-state index contributed by atoms with van der Waals surface area (Å²) < 4.78 is 0. The first-order chi connectivity index (χ1) is 18.1. The highest BCUT2D eigenvalue weighted by atomic mass is 16.4. The van der Waals surface area contributed by atoms with Gasteiger partial charge in [0.1, 0.15) is 30.2 Å². The van der Waals surface area contributed by atoms with Gasteiger partial charge in [0.2, 0.25) is 23.6 Å². The molecule has 0 aromatic rings. The first-order valence-electron chi connectivity index (χ1n) is 12.3. The zero-order chi connectivity index (χ0) is 30.3. The molecule has 0 aliphatic carbocycles. The van der Waals surface area contributed by atoms with Gasteiger partial charge in [0, 0.05) is 6.54 Å². The number of nitrogens with two attached hydrogens (primary N) is 2. The molecular weight excluding hydrogens is 520 g/mol. The molecule has 0 radical (unpaired) electrons. The van der Waals surface area contributed by atoms with Gasteiger partial charge in [-0.1, -0.05) is 13.8 Å². The first-order valence-corrected chi connectivity index (χ1v) is 12.3. The van der Waals surface area contributed by atoms with E-state index in [-0.39, 0.29) is 37.7 Å². The van der Waals surface area contributed by atoms with E-state index in [1.165, 1.54) is 6.92 Å². The largest absolute Gasteiger partial charge is 0.480 e. The zero-order valence-electron chi connectivity index (χ0n) is 22.3. The normalized spacial score (nSPS) is 15.6. The van der Waals surface area contributed by atoms with Crippen LogP contribution in [0.3, 0.4) is 0 Å². The molecule has 39 heavy (non-hydrogen) atoms. The van der Waals surface area contributed by atoms with Gasteiger partial charge in [0.15, 0.2) is 5.96 Å². The second-order valence-corrected chi connectivity index (χ2v) is 9.33. The van der Waals surface area contributed by atoms with Gasteiger partial charge < -0.3 is 58.5 Å². The van der Waals surface area contributed by atoms with Crippen LogP contribution in [-0.2, 0) is 24.0 Å². The lowest BCUT2D eigenvalue weighted by molar-refractivity contribution is -0.143. The van der Waals surface area contributed by atoms with Crippen LogP contribution in [0.1, 0.15) is 40.0 Å². The zero-order valence-corrected chi connectivity index (χ0v) is 22.3. The molecule has 224 valence electrons. The van der Waals surface area contributed by atoms with Crippen molar-refractivity contribution in [2.75, 3.05) is 19.8 Å². The van der Waals surface area contributed by atoms with Gasteiger partial charge in [-0.15, -0.1) is 0 Å². The van der Waals surface area contributed by atoms with Crippen LogP contribution >= 0.6 is 0 Å². The first kappa shape index (κ1) is 35.5. The van der Waals surface area contributed by atoms with Crippen LogP contribution in [0.2, 0.25) is 0 Å². The third kappa shape index (κ3) is 13.7. The molecule has 0 saturated carbocycles. The van der Waals surface area contributed by atoms with E-state index in [9.17, 15) is 44.4 Å². The molecule has 0 unspecified atom stereocenters. The average molecular weight is 563 g/mol. The van der Waals surface area contributed by atoms with E-state index >= 15 is 0 Å². The van der Waals surface area contributed by atoms with Gasteiger partial charge in [0.25, 0.3) is 0 Å². The van der Waals surface area contributed by atoms with Gasteiger partial charge in [-0.2, -0.15) is 0 Å². The van der Waals surface area contributed by atoms with Gasteiger partial charge in [0.05, 0.1) is 19.3 Å². The molecule has 0 aliphatic heterocycles. The van der Waals surface area contributed by atoms with Crippen LogP contribution in [0, 0.1) is 11.3 Å². The number of nitrogens with one attached hydrogen (secondary N) is 6. The Kier molecular flexibility index (Phi) is 16.3. The Labute approximate surface area is 226 Å². The summed E-state index contributed by atoms with van der Waals surface area (Å²) in [7, 11) is 0. The number of carbonyl (C=O) groups is 5. The Balaban J connectivity index is 5.59. The van der Waals surface area contributed by atoms with Crippen LogP contribution in [0.4, 0.5) is 0 Å². The summed E-state index contributed by atoms with van der Waals surface area (Å²) in [6.45, 7) is 3.13. The van der Waals surface area contributed by atoms with E-state index in [4.69, 9.17) is 16.9 Å². The quantitative estimate of drug-likeness (QED) is 0.0424. The number of amides is 4. The van der Waals surface area contributed by atoms with Crippen molar-refractivity contribution in [3.05, 3.63) is 0 Å². The van der Waals surface area contributed by atoms with Crippen molar-refractivity contribution in [3.8, 4) is 0 Å². The second-order valence-electron chi connectivity index (χ2n) is 9.33. The molecule has 17 nitrogen and oxygen atoms in total. The van der Waals surface area contributed by atoms with Crippen LogP contribution in [-0.4, -0.2) is 112 Å². The Morgan fingerprint density at radius 3 is 1.64 bits per heavy atom. The fourth-order valence-corrected chi connectivity index (χ4v) is 3.18. The minimum absolute atomic E-state index is 0.0675. The van der Waals surface area contributed by atoms with E-state index in [1.807, 2.05) is 0 Å². The third-order valence-electron chi connectivity index (χ3n) is 5.39. The number of carbonyl (C=O) groups excluding carboxylic acids is 4. The van der Waals surface area contributed by atoms with Crippen molar-refractivity contribution in [2.24, 2.45) is 17.4 Å². The molecule has 0 heterocycles. The number of carboxylic acid groups (broad SMARTS) is 1. The summed E-state index contributed by atoms with van der Waals surface area (Å²) in [4.78, 5) is 61.9. The van der Waals surface area contributed by atoms with Crippen molar-refractivity contribution in [2.45, 2.75) is 76.3 Å². The Bertz CT molecular complexity index is 855. The van der Waals surface area contributed by atoms with Crippen LogP contribution in [0.25, 0.3) is 0 Å². The topological polar surface area (TPSA) is 302 Å². The van der Waals surface area contributed by atoms with Crippen molar-refractivity contribution in [3.63, 3.8) is 0 Å². The molecule has 0 spiro atoms. The molecule has 0 bridgehead atoms. The van der Waals surface area contributed by atoms with Crippen LogP contribution in [0.5, 0.6) is 0 Å². The van der Waals surface area contributed by atoms with Crippen LogP contribution in [0.15, 0.2) is 0 Å². The summed E-state index contributed by atoms with van der Waals surface area (Å²) >= 11 is 0. The number of hydrogen-bond acceptors (Lipinski definition) is 10. The van der Waals surface area contributed by atoms with E-state index in [0.717, 1.165) is 0 Å². The predicted molar refractivity (Wildman–Crippen MR) is 138 cm³/mol. The predicted octanol–water partition coefficient (Wildman–Crippen LogP) is -4.99. The minimum atomic E-state index is -1.56. The third-order valence-corrected chi connectivity index (χ3v) is 5.39. The lowest BCUT2D eigenvalue weighted by atomic mass is 10.0. The molecule has 0 aromatic carbocycles. The fraction of sp³-hybridized carbons (Fsp3) is 0.727. The summed E-state index contributed by atoms with van der Waals surface area (Å²) in [5.74, 6) is -5.52. The van der Waals surface area contributed by atoms with Crippen molar-refractivity contribution < 1.29 is 44.4 Å². The average Bonchev–Trinajstić information content (AvgIpc) is 2.85. The number of rotatable bonds is 18. The Morgan fingerprint density at radius 1 is 0.795 bits per heavy atom. The molecule has 4 amide bonds. The molecule has 0 aliphatic rings. The Morgan fingerprint density at radius 2 is 1.23 bits per heavy atom.